The van der Waals surface area contributed by atoms with Gasteiger partial charge in [0.2, 0.25) is 5.88 Å². The van der Waals surface area contributed by atoms with Crippen molar-refractivity contribution in [1.29, 1.82) is 0 Å². The van der Waals surface area contributed by atoms with Gasteiger partial charge in [0.1, 0.15) is 0 Å². The number of aliphatic hydroxyl groups is 1. The molecule has 2 aromatic carbocycles. The second-order valence-corrected chi connectivity index (χ2v) is 12.9. The summed E-state index contributed by atoms with van der Waals surface area (Å²) in [5.74, 6) is 2.10. The Labute approximate surface area is 330 Å². The first-order chi connectivity index (χ1) is 24.3. The third-order valence-electron chi connectivity index (χ3n) is 9.48. The van der Waals surface area contributed by atoms with Crippen molar-refractivity contribution in [3.63, 3.8) is 0 Å². The molecule has 52 heavy (non-hydrogen) atoms. The minimum absolute atomic E-state index is 0. The molecule has 13 heteroatoms. The van der Waals surface area contributed by atoms with Crippen LogP contribution >= 0.6 is 11.6 Å². The average Bonchev–Trinajstić information content (AvgIpc) is 3.79. The standard InChI is InChI=1S/C31H33ClN3O3.C8H6N3O.2Mn/c1-21-6-3-4-7-24(21)25-8-5-9-26(30(25)32)27-18-23-10-11-28(29(23)31(33-27)38-2)35-15-13-22(19-35)12-14-34(20-37)16-17-36;1-11-8(12)7-5-9-3-2-6(7)4-10-11;;/h3-5,7-9,18,28,36H,10-17,19H2,1-2H3;2-4H,1H3;;/q-3;-1;2*+2/t28-;;;/m0.../s1. The first kappa shape index (κ1) is 41.2. The van der Waals surface area contributed by atoms with E-state index in [0.717, 1.165) is 72.1 Å². The van der Waals surface area contributed by atoms with Gasteiger partial charge in [0.15, 0.2) is 5.56 Å². The molecule has 1 fully saturated rings. The molecule has 270 valence electrons. The fourth-order valence-electron chi connectivity index (χ4n) is 6.83. The number of fused-ring (bicyclic) bond motifs is 2. The van der Waals surface area contributed by atoms with Gasteiger partial charge >= 0.3 is 34.1 Å². The van der Waals surface area contributed by atoms with Crippen molar-refractivity contribution < 1.29 is 48.8 Å². The Morgan fingerprint density at radius 3 is 2.69 bits per heavy atom. The van der Waals surface area contributed by atoms with Crippen LogP contribution in [0.15, 0.2) is 65.7 Å². The summed E-state index contributed by atoms with van der Waals surface area (Å²) in [6.07, 6.45) is 11.6. The topological polar surface area (TPSA) is 114 Å². The summed E-state index contributed by atoms with van der Waals surface area (Å²) in [7, 11) is 3.29. The third kappa shape index (κ3) is 8.94. The van der Waals surface area contributed by atoms with Gasteiger partial charge in [0.05, 0.1) is 19.4 Å². The van der Waals surface area contributed by atoms with Crippen LogP contribution in [-0.2, 0) is 52.4 Å². The summed E-state index contributed by atoms with van der Waals surface area (Å²) in [6.45, 7) is 4.83. The fourth-order valence-corrected chi connectivity index (χ4v) is 7.16. The van der Waals surface area contributed by atoms with E-state index in [1.165, 1.54) is 26.6 Å². The maximum atomic E-state index is 11.4. The summed E-state index contributed by atoms with van der Waals surface area (Å²) >= 11 is 6.98. The molecule has 0 spiro atoms. The van der Waals surface area contributed by atoms with Gasteiger partial charge in [0.25, 0.3) is 0 Å². The normalized spacial score (nSPS) is 15.2. The zero-order valence-electron chi connectivity index (χ0n) is 29.2. The van der Waals surface area contributed by atoms with Crippen LogP contribution in [0.25, 0.3) is 33.2 Å². The van der Waals surface area contributed by atoms with Crippen molar-refractivity contribution in [2.24, 2.45) is 7.05 Å². The average molecular weight is 801 g/mol. The molecule has 5 aromatic rings. The van der Waals surface area contributed by atoms with E-state index in [-0.39, 0.29) is 52.3 Å². The molecular formula is C39H39ClMn2N6O4. The van der Waals surface area contributed by atoms with Gasteiger partial charge in [-0.2, -0.15) is 54.2 Å². The van der Waals surface area contributed by atoms with Crippen molar-refractivity contribution >= 4 is 28.8 Å². The molecule has 7 rings (SSSR count). The molecule has 1 aliphatic carbocycles. The van der Waals surface area contributed by atoms with Crippen molar-refractivity contribution in [1.82, 2.24) is 29.5 Å². The molecule has 1 N–H and O–H groups in total. The van der Waals surface area contributed by atoms with Gasteiger partial charge in [-0.05, 0) is 43.8 Å². The van der Waals surface area contributed by atoms with E-state index in [1.807, 2.05) is 43.7 Å². The largest absolute Gasteiger partial charge is 2.00 e. The van der Waals surface area contributed by atoms with Gasteiger partial charge in [-0.15, -0.1) is 18.2 Å². The Hall–Kier alpha value is -3.60. The number of likely N-dealkylation sites (tertiary alicyclic amines) is 1. The maximum absolute atomic E-state index is 11.4. The number of amides is 1. The molecule has 1 aliphatic heterocycles. The number of aryl methyl sites for hydroxylation is 3. The zero-order chi connectivity index (χ0) is 35.2. The van der Waals surface area contributed by atoms with Crippen LogP contribution in [0.4, 0.5) is 0 Å². The smallest absolute Gasteiger partial charge is 0.520 e. The number of aliphatic hydroxyl groups excluding tert-OH is 1. The van der Waals surface area contributed by atoms with E-state index in [2.05, 4.69) is 39.4 Å². The van der Waals surface area contributed by atoms with Crippen LogP contribution in [0.2, 0.25) is 5.02 Å². The van der Waals surface area contributed by atoms with E-state index >= 15 is 0 Å². The number of aromatic nitrogens is 4. The van der Waals surface area contributed by atoms with E-state index in [1.54, 1.807) is 32.6 Å². The van der Waals surface area contributed by atoms with Crippen LogP contribution in [0.5, 0.6) is 5.88 Å². The molecule has 0 unspecified atom stereocenters. The predicted molar refractivity (Wildman–Crippen MR) is 193 cm³/mol. The Bertz CT molecular complexity index is 2050. The van der Waals surface area contributed by atoms with Gasteiger partial charge in [0, 0.05) is 42.0 Å². The van der Waals surface area contributed by atoms with E-state index in [4.69, 9.17) is 26.4 Å². The molecule has 1 saturated heterocycles. The van der Waals surface area contributed by atoms with Gasteiger partial charge < -0.3 is 34.2 Å². The maximum Gasteiger partial charge on any atom is 2.00 e. The summed E-state index contributed by atoms with van der Waals surface area (Å²) < 4.78 is 7.13. The number of rotatable bonds is 10. The Morgan fingerprint density at radius 2 is 1.94 bits per heavy atom. The van der Waals surface area contributed by atoms with Crippen molar-refractivity contribution in [3.8, 4) is 28.3 Å². The number of nitrogens with zero attached hydrogens (tertiary/aromatic N) is 6. The number of halogens is 1. The molecule has 1 atom stereocenters. The summed E-state index contributed by atoms with van der Waals surface area (Å²) in [4.78, 5) is 35.2. The number of pyridine rings is 2. The molecule has 3 aromatic heterocycles. The van der Waals surface area contributed by atoms with Crippen molar-refractivity contribution in [2.45, 2.75) is 38.6 Å². The first-order valence-electron chi connectivity index (χ1n) is 16.7. The number of benzene rings is 2. The Balaban J connectivity index is 0.000000366. The third-order valence-corrected chi connectivity index (χ3v) is 9.88. The predicted octanol–water partition coefficient (Wildman–Crippen LogP) is 5.33. The van der Waals surface area contributed by atoms with Crippen molar-refractivity contribution in [2.75, 3.05) is 39.9 Å². The SMILES string of the molecule is COc1nc(-c2cccc(-c3ccc[c-]c3C)c2Cl)cc2c1[C@@H](N1CC[C-](CCN([C-]=O)CCO)C1)CC2.Cn1ncc2ccn[c-]c2c1=O.[Mn+2].[Mn+2]. The van der Waals surface area contributed by atoms with Crippen LogP contribution in [-0.4, -0.2) is 81.0 Å². The number of hydrogen-bond acceptors (Lipinski definition) is 8. The molecule has 4 heterocycles. The molecule has 2 aliphatic rings. The zero-order valence-corrected chi connectivity index (χ0v) is 32.3. The summed E-state index contributed by atoms with van der Waals surface area (Å²) in [5, 5.41) is 14.9. The van der Waals surface area contributed by atoms with Crippen LogP contribution in [0.1, 0.15) is 42.0 Å². The molecule has 2 radical (unpaired) electrons. The molecule has 0 bridgehead atoms. The van der Waals surface area contributed by atoms with Crippen LogP contribution in [0, 0.1) is 25.1 Å². The molecular weight excluding hydrogens is 762 g/mol. The van der Waals surface area contributed by atoms with Gasteiger partial charge in [-0.1, -0.05) is 59.3 Å². The minimum Gasteiger partial charge on any atom is -0.520 e. The van der Waals surface area contributed by atoms with E-state index in [0.29, 0.717) is 29.4 Å². The van der Waals surface area contributed by atoms with Gasteiger partial charge in [-0.3, -0.25) is 10.6 Å². The number of ether oxygens (including phenoxy) is 1. The van der Waals surface area contributed by atoms with Crippen LogP contribution < -0.4 is 10.3 Å². The number of hydrogen-bond donors (Lipinski definition) is 1. The number of carbonyl (C=O) groups excluding carboxylic acids is 1. The second-order valence-electron chi connectivity index (χ2n) is 12.5. The van der Waals surface area contributed by atoms with Crippen molar-refractivity contribution in [3.05, 3.63) is 111 Å². The minimum atomic E-state index is -0.166. The molecule has 1 amide bonds. The van der Waals surface area contributed by atoms with Crippen LogP contribution in [0.3, 0.4) is 0 Å². The quantitative estimate of drug-likeness (QED) is 0.115. The Morgan fingerprint density at radius 1 is 1.15 bits per heavy atom. The van der Waals surface area contributed by atoms with E-state index in [9.17, 15) is 9.59 Å². The number of methoxy groups -OCH3 is 1. The second kappa shape index (κ2) is 18.9. The Kier molecular flexibility index (Phi) is 15.0. The monoisotopic (exact) mass is 800 g/mol. The fraction of sp³-hybridized carbons (Fsp3) is 0.333. The molecule has 0 saturated carbocycles. The van der Waals surface area contributed by atoms with Gasteiger partial charge in [-0.25, -0.2) is 4.98 Å². The first-order valence-corrected chi connectivity index (χ1v) is 17.0. The molecule has 10 nitrogen and oxygen atoms in total. The van der Waals surface area contributed by atoms with E-state index < -0.39 is 0 Å². The summed E-state index contributed by atoms with van der Waals surface area (Å²) in [5.41, 5.74) is 7.10. The summed E-state index contributed by atoms with van der Waals surface area (Å²) in [6, 6.07) is 19.5.